The molecule has 2 rings (SSSR count). The number of anilines is 2. The summed E-state index contributed by atoms with van der Waals surface area (Å²) >= 11 is 0. The number of carboxylic acid groups (broad SMARTS) is 1. The number of nitrogens with two attached hydrogens (primary N) is 1. The summed E-state index contributed by atoms with van der Waals surface area (Å²) in [5.74, 6) is -0.939. The highest BCUT2D eigenvalue weighted by Crippen LogP contribution is 2.24. The van der Waals surface area contributed by atoms with E-state index in [0.717, 1.165) is 19.4 Å². The minimum Gasteiger partial charge on any atom is -0.478 e. The summed E-state index contributed by atoms with van der Waals surface area (Å²) < 4.78 is 5.68. The molecule has 1 aliphatic heterocycles. The Hall–Kier alpha value is -1.75. The van der Waals surface area contributed by atoms with E-state index in [4.69, 9.17) is 10.5 Å². The lowest BCUT2D eigenvalue weighted by Gasteiger charge is -2.29. The van der Waals surface area contributed by atoms with Crippen molar-refractivity contribution in [3.05, 3.63) is 23.8 Å². The molecule has 1 fully saturated rings. The third-order valence-electron chi connectivity index (χ3n) is 3.41. The Kier molecular flexibility index (Phi) is 4.27. The van der Waals surface area contributed by atoms with E-state index in [9.17, 15) is 9.90 Å². The number of nitrogen functional groups attached to an aromatic ring is 1. The number of ether oxygens (including phenoxy) is 1. The average Bonchev–Trinajstić information content (AvgIpc) is 2.39. The highest BCUT2D eigenvalue weighted by atomic mass is 16.5. The largest absolute Gasteiger partial charge is 0.478 e. The van der Waals surface area contributed by atoms with E-state index in [1.165, 1.54) is 6.42 Å². The second-order valence-corrected chi connectivity index (χ2v) is 4.95. The Morgan fingerprint density at radius 3 is 2.95 bits per heavy atom. The molecule has 3 N–H and O–H groups in total. The topological polar surface area (TPSA) is 75.8 Å². The minimum atomic E-state index is -0.939. The Morgan fingerprint density at radius 2 is 2.32 bits per heavy atom. The van der Waals surface area contributed by atoms with Crippen LogP contribution in [-0.4, -0.2) is 37.4 Å². The second-order valence-electron chi connectivity index (χ2n) is 4.95. The van der Waals surface area contributed by atoms with Crippen LogP contribution in [0.3, 0.4) is 0 Å². The van der Waals surface area contributed by atoms with Gasteiger partial charge in [0.15, 0.2) is 0 Å². The van der Waals surface area contributed by atoms with Crippen LogP contribution >= 0.6 is 0 Å². The summed E-state index contributed by atoms with van der Waals surface area (Å²) in [5, 5.41) is 9.21. The number of carbonyl (C=O) groups is 1. The van der Waals surface area contributed by atoms with Crippen molar-refractivity contribution in [1.29, 1.82) is 0 Å². The first-order chi connectivity index (χ1) is 9.08. The van der Waals surface area contributed by atoms with Crippen molar-refractivity contribution in [2.45, 2.75) is 25.4 Å². The molecule has 0 aliphatic carbocycles. The third kappa shape index (κ3) is 3.38. The molecule has 5 nitrogen and oxygen atoms in total. The molecule has 104 valence electrons. The first-order valence-electron chi connectivity index (χ1n) is 6.53. The molecular formula is C14H20N2O3. The maximum atomic E-state index is 11.2. The van der Waals surface area contributed by atoms with Gasteiger partial charge in [0.05, 0.1) is 17.4 Å². The molecule has 1 unspecified atom stereocenters. The lowest BCUT2D eigenvalue weighted by Crippen LogP contribution is -2.34. The van der Waals surface area contributed by atoms with Crippen molar-refractivity contribution in [2.75, 3.05) is 30.8 Å². The zero-order valence-corrected chi connectivity index (χ0v) is 11.1. The van der Waals surface area contributed by atoms with Gasteiger partial charge in [-0.2, -0.15) is 0 Å². The van der Waals surface area contributed by atoms with Crippen molar-refractivity contribution in [3.63, 3.8) is 0 Å². The fraction of sp³-hybridized carbons (Fsp3) is 0.500. The number of hydrogen-bond donors (Lipinski definition) is 2. The van der Waals surface area contributed by atoms with Crippen LogP contribution in [0.1, 0.15) is 29.6 Å². The van der Waals surface area contributed by atoms with E-state index in [-0.39, 0.29) is 11.7 Å². The summed E-state index contributed by atoms with van der Waals surface area (Å²) in [6.07, 6.45) is 3.47. The predicted octanol–water partition coefficient (Wildman–Crippen LogP) is 1.97. The van der Waals surface area contributed by atoms with Crippen LogP contribution < -0.4 is 10.6 Å². The standard InChI is InChI=1S/C14H20N2O3/c1-16(9-11-4-2-3-7-19-11)13-8-10(15)5-6-12(13)14(17)18/h5-6,8,11H,2-4,7,9,15H2,1H3,(H,17,18). The van der Waals surface area contributed by atoms with Gasteiger partial charge >= 0.3 is 5.97 Å². The van der Waals surface area contributed by atoms with Gasteiger partial charge < -0.3 is 20.5 Å². The smallest absolute Gasteiger partial charge is 0.337 e. The Labute approximate surface area is 113 Å². The number of nitrogens with zero attached hydrogens (tertiary/aromatic N) is 1. The molecule has 0 amide bonds. The molecular weight excluding hydrogens is 244 g/mol. The predicted molar refractivity (Wildman–Crippen MR) is 74.7 cm³/mol. The highest BCUT2D eigenvalue weighted by molar-refractivity contribution is 5.95. The van der Waals surface area contributed by atoms with Gasteiger partial charge in [0.25, 0.3) is 0 Å². The summed E-state index contributed by atoms with van der Waals surface area (Å²) in [6, 6.07) is 4.86. The van der Waals surface area contributed by atoms with E-state index >= 15 is 0 Å². The van der Waals surface area contributed by atoms with Crippen LogP contribution in [0.15, 0.2) is 18.2 Å². The van der Waals surface area contributed by atoms with Gasteiger partial charge in [-0.15, -0.1) is 0 Å². The molecule has 1 atom stereocenters. The quantitative estimate of drug-likeness (QED) is 0.813. The minimum absolute atomic E-state index is 0.168. The van der Waals surface area contributed by atoms with Gasteiger partial charge in [0.1, 0.15) is 0 Å². The highest BCUT2D eigenvalue weighted by Gasteiger charge is 2.19. The first-order valence-corrected chi connectivity index (χ1v) is 6.53. The number of benzene rings is 1. The van der Waals surface area contributed by atoms with Gasteiger partial charge in [-0.3, -0.25) is 0 Å². The first kappa shape index (κ1) is 13.7. The Bertz CT molecular complexity index is 456. The molecule has 1 heterocycles. The summed E-state index contributed by atoms with van der Waals surface area (Å²) in [5.41, 5.74) is 7.23. The molecule has 1 saturated heterocycles. The molecule has 0 spiro atoms. The Balaban J connectivity index is 2.14. The monoisotopic (exact) mass is 264 g/mol. The zero-order chi connectivity index (χ0) is 13.8. The van der Waals surface area contributed by atoms with Crippen LogP contribution in [0.4, 0.5) is 11.4 Å². The molecule has 0 aromatic heterocycles. The van der Waals surface area contributed by atoms with Gasteiger partial charge in [-0.05, 0) is 37.5 Å². The fourth-order valence-corrected chi connectivity index (χ4v) is 2.40. The number of hydrogen-bond acceptors (Lipinski definition) is 4. The summed E-state index contributed by atoms with van der Waals surface area (Å²) in [7, 11) is 1.87. The summed E-state index contributed by atoms with van der Waals surface area (Å²) in [4.78, 5) is 13.1. The van der Waals surface area contributed by atoms with Crippen molar-refractivity contribution >= 4 is 17.3 Å². The molecule has 0 radical (unpaired) electrons. The molecule has 0 saturated carbocycles. The third-order valence-corrected chi connectivity index (χ3v) is 3.41. The van der Waals surface area contributed by atoms with Gasteiger partial charge in [0, 0.05) is 25.9 Å². The van der Waals surface area contributed by atoms with E-state index < -0.39 is 5.97 Å². The van der Waals surface area contributed by atoms with Crippen LogP contribution in [0.25, 0.3) is 0 Å². The van der Waals surface area contributed by atoms with Gasteiger partial charge in [-0.25, -0.2) is 4.79 Å². The number of rotatable bonds is 4. The van der Waals surface area contributed by atoms with Crippen LogP contribution in [0.2, 0.25) is 0 Å². The van der Waals surface area contributed by atoms with Crippen LogP contribution in [-0.2, 0) is 4.74 Å². The average molecular weight is 264 g/mol. The van der Waals surface area contributed by atoms with Gasteiger partial charge in [-0.1, -0.05) is 0 Å². The maximum absolute atomic E-state index is 11.2. The van der Waals surface area contributed by atoms with E-state index in [1.54, 1.807) is 18.2 Å². The van der Waals surface area contributed by atoms with Crippen molar-refractivity contribution in [3.8, 4) is 0 Å². The Morgan fingerprint density at radius 1 is 1.53 bits per heavy atom. The number of likely N-dealkylation sites (N-methyl/N-ethyl adjacent to an activating group) is 1. The summed E-state index contributed by atoms with van der Waals surface area (Å²) in [6.45, 7) is 1.48. The van der Waals surface area contributed by atoms with E-state index in [1.807, 2.05) is 11.9 Å². The maximum Gasteiger partial charge on any atom is 0.337 e. The number of aromatic carboxylic acids is 1. The second kappa shape index (κ2) is 5.93. The van der Waals surface area contributed by atoms with E-state index in [2.05, 4.69) is 0 Å². The van der Waals surface area contributed by atoms with Crippen molar-refractivity contribution in [2.24, 2.45) is 0 Å². The zero-order valence-electron chi connectivity index (χ0n) is 11.1. The van der Waals surface area contributed by atoms with Gasteiger partial charge in [0.2, 0.25) is 0 Å². The van der Waals surface area contributed by atoms with Crippen molar-refractivity contribution < 1.29 is 14.6 Å². The van der Waals surface area contributed by atoms with E-state index in [0.29, 0.717) is 17.9 Å². The molecule has 0 bridgehead atoms. The molecule has 5 heteroatoms. The lowest BCUT2D eigenvalue weighted by atomic mass is 10.1. The van der Waals surface area contributed by atoms with Crippen molar-refractivity contribution in [1.82, 2.24) is 0 Å². The number of carboxylic acids is 1. The molecule has 1 aromatic rings. The SMILES string of the molecule is CN(CC1CCCCO1)c1cc(N)ccc1C(=O)O. The fourth-order valence-electron chi connectivity index (χ4n) is 2.40. The lowest BCUT2D eigenvalue weighted by molar-refractivity contribution is 0.0215. The van der Waals surface area contributed by atoms with Crippen LogP contribution in [0.5, 0.6) is 0 Å². The molecule has 1 aromatic carbocycles. The molecule has 19 heavy (non-hydrogen) atoms. The normalized spacial score (nSPS) is 19.1. The van der Waals surface area contributed by atoms with Crippen LogP contribution in [0, 0.1) is 0 Å². The molecule has 1 aliphatic rings.